The number of hydrogen-bond acceptors (Lipinski definition) is 4. The van der Waals surface area contributed by atoms with Crippen molar-refractivity contribution in [2.45, 2.75) is 27.1 Å². The Bertz CT molecular complexity index is 611. The minimum Gasteiger partial charge on any atom is -0.421 e. The van der Waals surface area contributed by atoms with Crippen LogP contribution < -0.4 is 0 Å². The summed E-state index contributed by atoms with van der Waals surface area (Å²) in [5, 5.41) is 0. The molecule has 2 rings (SSSR count). The smallest absolute Gasteiger partial charge is 0.341 e. The molecule has 4 heteroatoms. The van der Waals surface area contributed by atoms with Gasteiger partial charge in [0.2, 0.25) is 0 Å². The summed E-state index contributed by atoms with van der Waals surface area (Å²) in [5.41, 5.74) is 0.850. The van der Waals surface area contributed by atoms with Gasteiger partial charge in [-0.25, -0.2) is 9.59 Å². The van der Waals surface area contributed by atoms with E-state index in [1.807, 2.05) is 32.9 Å². The van der Waals surface area contributed by atoms with Gasteiger partial charge >= 0.3 is 11.9 Å². The number of esters is 2. The average molecular weight is 326 g/mol. The first-order chi connectivity index (χ1) is 11.5. The summed E-state index contributed by atoms with van der Waals surface area (Å²) < 4.78 is 10.9. The van der Waals surface area contributed by atoms with Crippen molar-refractivity contribution in [1.29, 1.82) is 0 Å². The second kappa shape index (κ2) is 8.29. The molecule has 0 spiro atoms. The fraction of sp³-hybridized carbons (Fsp3) is 0.300. The quantitative estimate of drug-likeness (QED) is 0.586. The maximum atomic E-state index is 12.3. The Balaban J connectivity index is 2.13. The van der Waals surface area contributed by atoms with Crippen LogP contribution in [0.4, 0.5) is 0 Å². The van der Waals surface area contributed by atoms with E-state index in [0.29, 0.717) is 11.1 Å². The van der Waals surface area contributed by atoms with Crippen LogP contribution in [0.25, 0.3) is 0 Å². The van der Waals surface area contributed by atoms with Crippen molar-refractivity contribution in [3.8, 4) is 0 Å². The molecule has 0 aromatic heterocycles. The van der Waals surface area contributed by atoms with E-state index in [9.17, 15) is 9.59 Å². The number of hydrogen-bond donors (Lipinski definition) is 0. The molecular weight excluding hydrogens is 304 g/mol. The SMILES string of the molecule is CC(C)C(C)C(OC(=O)c1ccccc1)OC(=O)c1ccccc1. The van der Waals surface area contributed by atoms with E-state index in [1.54, 1.807) is 48.5 Å². The molecule has 0 radical (unpaired) electrons. The van der Waals surface area contributed by atoms with Gasteiger partial charge in [-0.1, -0.05) is 57.2 Å². The minimum absolute atomic E-state index is 0.134. The van der Waals surface area contributed by atoms with Crippen LogP contribution in [-0.2, 0) is 9.47 Å². The first-order valence-corrected chi connectivity index (χ1v) is 8.01. The summed E-state index contributed by atoms with van der Waals surface area (Å²) in [6.45, 7) is 5.88. The van der Waals surface area contributed by atoms with Gasteiger partial charge in [0.25, 0.3) is 6.29 Å². The molecule has 2 aromatic carbocycles. The van der Waals surface area contributed by atoms with Crippen LogP contribution in [0.3, 0.4) is 0 Å². The molecule has 0 aliphatic heterocycles. The topological polar surface area (TPSA) is 52.6 Å². The van der Waals surface area contributed by atoms with Crippen molar-refractivity contribution in [2.75, 3.05) is 0 Å². The van der Waals surface area contributed by atoms with Crippen molar-refractivity contribution < 1.29 is 19.1 Å². The lowest BCUT2D eigenvalue weighted by Gasteiger charge is -2.26. The highest BCUT2D eigenvalue weighted by Gasteiger charge is 2.28. The van der Waals surface area contributed by atoms with Crippen LogP contribution >= 0.6 is 0 Å². The molecule has 0 fully saturated rings. The van der Waals surface area contributed by atoms with Gasteiger partial charge in [0.05, 0.1) is 11.1 Å². The zero-order valence-corrected chi connectivity index (χ0v) is 14.1. The van der Waals surface area contributed by atoms with E-state index >= 15 is 0 Å². The first-order valence-electron chi connectivity index (χ1n) is 8.01. The lowest BCUT2D eigenvalue weighted by Crippen LogP contribution is -2.33. The fourth-order valence-corrected chi connectivity index (χ4v) is 2.05. The van der Waals surface area contributed by atoms with Crippen molar-refractivity contribution in [2.24, 2.45) is 11.8 Å². The maximum Gasteiger partial charge on any atom is 0.341 e. The monoisotopic (exact) mass is 326 g/mol. The molecular formula is C20H22O4. The Hall–Kier alpha value is -2.62. The van der Waals surface area contributed by atoms with Crippen LogP contribution in [-0.4, -0.2) is 18.2 Å². The molecule has 0 bridgehead atoms. The van der Waals surface area contributed by atoms with Crippen LogP contribution in [0.1, 0.15) is 41.5 Å². The highest BCUT2D eigenvalue weighted by molar-refractivity contribution is 5.91. The van der Waals surface area contributed by atoms with Gasteiger partial charge in [0.1, 0.15) is 0 Å². The highest BCUT2D eigenvalue weighted by atomic mass is 16.7. The Morgan fingerprint density at radius 2 is 1.08 bits per heavy atom. The van der Waals surface area contributed by atoms with Crippen molar-refractivity contribution >= 4 is 11.9 Å². The molecule has 0 saturated carbocycles. The highest BCUT2D eigenvalue weighted by Crippen LogP contribution is 2.21. The van der Waals surface area contributed by atoms with E-state index < -0.39 is 18.2 Å². The predicted molar refractivity (Wildman–Crippen MR) is 91.5 cm³/mol. The van der Waals surface area contributed by atoms with Gasteiger partial charge in [-0.05, 0) is 30.2 Å². The minimum atomic E-state index is -0.939. The van der Waals surface area contributed by atoms with Crippen LogP contribution in [0.5, 0.6) is 0 Å². The molecule has 0 N–H and O–H groups in total. The van der Waals surface area contributed by atoms with Gasteiger partial charge in [-0.2, -0.15) is 0 Å². The van der Waals surface area contributed by atoms with Gasteiger partial charge in [0, 0.05) is 5.92 Å². The van der Waals surface area contributed by atoms with Crippen LogP contribution in [0.2, 0.25) is 0 Å². The molecule has 126 valence electrons. The molecule has 0 aliphatic rings. The zero-order valence-electron chi connectivity index (χ0n) is 14.1. The van der Waals surface area contributed by atoms with E-state index in [0.717, 1.165) is 0 Å². The van der Waals surface area contributed by atoms with E-state index in [4.69, 9.17) is 9.47 Å². The number of rotatable bonds is 6. The molecule has 24 heavy (non-hydrogen) atoms. The standard InChI is InChI=1S/C20H22O4/c1-14(2)15(3)20(23-18(21)16-10-6-4-7-11-16)24-19(22)17-12-8-5-9-13-17/h4-15,20H,1-3H3. The molecule has 1 unspecified atom stereocenters. The van der Waals surface area contributed by atoms with Gasteiger partial charge in [-0.3, -0.25) is 0 Å². The average Bonchev–Trinajstić information content (AvgIpc) is 2.61. The summed E-state index contributed by atoms with van der Waals surface area (Å²) in [7, 11) is 0. The molecule has 0 heterocycles. The second-order valence-corrected chi connectivity index (χ2v) is 6.01. The van der Waals surface area contributed by atoms with E-state index in [-0.39, 0.29) is 11.8 Å². The van der Waals surface area contributed by atoms with Crippen molar-refractivity contribution in [1.82, 2.24) is 0 Å². The number of benzene rings is 2. The third-order valence-electron chi connectivity index (χ3n) is 3.95. The molecule has 0 saturated heterocycles. The summed E-state index contributed by atoms with van der Waals surface area (Å²) >= 11 is 0. The summed E-state index contributed by atoms with van der Waals surface area (Å²) in [6, 6.07) is 17.3. The summed E-state index contributed by atoms with van der Waals surface area (Å²) in [6.07, 6.45) is -0.939. The molecule has 0 aliphatic carbocycles. The molecule has 2 aromatic rings. The Morgan fingerprint density at radius 3 is 1.42 bits per heavy atom. The largest absolute Gasteiger partial charge is 0.421 e. The van der Waals surface area contributed by atoms with Crippen LogP contribution in [0.15, 0.2) is 60.7 Å². The Morgan fingerprint density at radius 1 is 0.708 bits per heavy atom. The Kier molecular flexibility index (Phi) is 6.13. The first kappa shape index (κ1) is 17.7. The van der Waals surface area contributed by atoms with E-state index in [1.165, 1.54) is 0 Å². The Labute approximate surface area is 142 Å². The normalized spacial score (nSPS) is 12.0. The number of ether oxygens (including phenoxy) is 2. The lowest BCUT2D eigenvalue weighted by atomic mass is 9.97. The molecule has 0 amide bonds. The van der Waals surface area contributed by atoms with Gasteiger partial charge in [0.15, 0.2) is 0 Å². The summed E-state index contributed by atoms with van der Waals surface area (Å²) in [5.74, 6) is -0.963. The zero-order chi connectivity index (χ0) is 17.5. The maximum absolute atomic E-state index is 12.3. The summed E-state index contributed by atoms with van der Waals surface area (Å²) in [4.78, 5) is 24.6. The van der Waals surface area contributed by atoms with Crippen molar-refractivity contribution in [3.05, 3.63) is 71.8 Å². The van der Waals surface area contributed by atoms with Gasteiger partial charge in [-0.15, -0.1) is 0 Å². The second-order valence-electron chi connectivity index (χ2n) is 6.01. The van der Waals surface area contributed by atoms with E-state index in [2.05, 4.69) is 0 Å². The number of carbonyl (C=O) groups is 2. The molecule has 1 atom stereocenters. The van der Waals surface area contributed by atoms with Crippen LogP contribution in [0, 0.1) is 11.8 Å². The predicted octanol–water partition coefficient (Wildman–Crippen LogP) is 4.32. The number of carbonyl (C=O) groups excluding carboxylic acids is 2. The third kappa shape index (κ3) is 4.69. The molecule has 4 nitrogen and oxygen atoms in total. The third-order valence-corrected chi connectivity index (χ3v) is 3.95. The lowest BCUT2D eigenvalue weighted by molar-refractivity contribution is -0.113. The van der Waals surface area contributed by atoms with Gasteiger partial charge < -0.3 is 9.47 Å². The van der Waals surface area contributed by atoms with Crippen molar-refractivity contribution in [3.63, 3.8) is 0 Å². The fourth-order valence-electron chi connectivity index (χ4n) is 2.05.